The molecule has 2 atom stereocenters. The molecule has 1 heterocycles. The summed E-state index contributed by atoms with van der Waals surface area (Å²) in [5.74, 6) is -0.372. The molecule has 1 aliphatic rings. The zero-order valence-corrected chi connectivity index (χ0v) is 8.87. The van der Waals surface area contributed by atoms with Crippen LogP contribution in [-0.2, 0) is 16.0 Å². The van der Waals surface area contributed by atoms with E-state index in [2.05, 4.69) is 0 Å². The molecule has 0 aromatic heterocycles. The van der Waals surface area contributed by atoms with Gasteiger partial charge in [-0.1, -0.05) is 30.3 Å². The van der Waals surface area contributed by atoms with Crippen LogP contribution < -0.4 is 0 Å². The summed E-state index contributed by atoms with van der Waals surface area (Å²) in [6.07, 6.45) is 3.24. The molecule has 16 heavy (non-hydrogen) atoms. The van der Waals surface area contributed by atoms with Gasteiger partial charge in [0.15, 0.2) is 0 Å². The van der Waals surface area contributed by atoms with Crippen molar-refractivity contribution in [1.29, 1.82) is 0 Å². The summed E-state index contributed by atoms with van der Waals surface area (Å²) in [5, 5.41) is 9.80. The highest BCUT2D eigenvalue weighted by Crippen LogP contribution is 2.14. The Balaban J connectivity index is 1.82. The fourth-order valence-corrected chi connectivity index (χ4v) is 1.72. The molecule has 0 amide bonds. The maximum absolute atomic E-state index is 10.8. The van der Waals surface area contributed by atoms with E-state index in [0.29, 0.717) is 6.42 Å². The van der Waals surface area contributed by atoms with Crippen molar-refractivity contribution in [3.05, 3.63) is 48.0 Å². The van der Waals surface area contributed by atoms with E-state index < -0.39 is 12.2 Å². The molecule has 1 aromatic rings. The van der Waals surface area contributed by atoms with E-state index >= 15 is 0 Å². The molecule has 0 saturated carbocycles. The van der Waals surface area contributed by atoms with Crippen LogP contribution in [0.25, 0.3) is 0 Å². The first kappa shape index (κ1) is 10.9. The SMILES string of the molecule is O=C1C=CC([C@@H](O)CCc2ccccc2)O1. The quantitative estimate of drug-likeness (QED) is 0.778. The van der Waals surface area contributed by atoms with Crippen molar-refractivity contribution in [2.24, 2.45) is 0 Å². The lowest BCUT2D eigenvalue weighted by atomic mass is 10.0. The average molecular weight is 218 g/mol. The third-order valence-corrected chi connectivity index (χ3v) is 2.63. The smallest absolute Gasteiger partial charge is 0.331 e. The van der Waals surface area contributed by atoms with Gasteiger partial charge in [0.25, 0.3) is 0 Å². The van der Waals surface area contributed by atoms with E-state index in [1.807, 2.05) is 30.3 Å². The number of rotatable bonds is 4. The number of hydrogen-bond donors (Lipinski definition) is 1. The fourth-order valence-electron chi connectivity index (χ4n) is 1.72. The minimum absolute atomic E-state index is 0.372. The third kappa shape index (κ3) is 2.70. The number of benzene rings is 1. The third-order valence-electron chi connectivity index (χ3n) is 2.63. The number of aliphatic hydroxyl groups excluding tert-OH is 1. The van der Waals surface area contributed by atoms with E-state index in [1.54, 1.807) is 6.08 Å². The van der Waals surface area contributed by atoms with Crippen molar-refractivity contribution in [3.8, 4) is 0 Å². The van der Waals surface area contributed by atoms with Gasteiger partial charge in [-0.25, -0.2) is 4.79 Å². The minimum atomic E-state index is -0.622. The lowest BCUT2D eigenvalue weighted by Gasteiger charge is -2.15. The second kappa shape index (κ2) is 4.94. The summed E-state index contributed by atoms with van der Waals surface area (Å²) in [6, 6.07) is 9.93. The molecule has 2 rings (SSSR count). The van der Waals surface area contributed by atoms with E-state index in [1.165, 1.54) is 11.6 Å². The molecule has 0 bridgehead atoms. The molecular formula is C13H14O3. The van der Waals surface area contributed by atoms with Crippen LogP contribution in [0.2, 0.25) is 0 Å². The van der Waals surface area contributed by atoms with Gasteiger partial charge in [0.05, 0.1) is 6.10 Å². The maximum atomic E-state index is 10.8. The van der Waals surface area contributed by atoms with Crippen LogP contribution in [0.1, 0.15) is 12.0 Å². The van der Waals surface area contributed by atoms with Gasteiger partial charge >= 0.3 is 5.97 Å². The first-order valence-electron chi connectivity index (χ1n) is 5.36. The van der Waals surface area contributed by atoms with Crippen molar-refractivity contribution < 1.29 is 14.6 Å². The summed E-state index contributed by atoms with van der Waals surface area (Å²) in [4.78, 5) is 10.8. The number of ether oxygens (including phenoxy) is 1. The van der Waals surface area contributed by atoms with Crippen LogP contribution >= 0.6 is 0 Å². The lowest BCUT2D eigenvalue weighted by Crippen LogP contribution is -2.26. The average Bonchev–Trinajstić information content (AvgIpc) is 2.74. The van der Waals surface area contributed by atoms with Crippen LogP contribution in [0.4, 0.5) is 0 Å². The van der Waals surface area contributed by atoms with Gasteiger partial charge in [-0.2, -0.15) is 0 Å². The largest absolute Gasteiger partial charge is 0.452 e. The lowest BCUT2D eigenvalue weighted by molar-refractivity contribution is -0.142. The molecule has 0 radical (unpaired) electrons. The molecule has 84 valence electrons. The molecule has 3 heteroatoms. The number of hydrogen-bond acceptors (Lipinski definition) is 3. The van der Waals surface area contributed by atoms with Crippen molar-refractivity contribution >= 4 is 5.97 Å². The summed E-state index contributed by atoms with van der Waals surface area (Å²) in [5.41, 5.74) is 1.18. The Morgan fingerprint density at radius 1 is 1.31 bits per heavy atom. The molecule has 0 spiro atoms. The molecule has 0 fully saturated rings. The van der Waals surface area contributed by atoms with Crippen LogP contribution in [0.5, 0.6) is 0 Å². The highest BCUT2D eigenvalue weighted by Gasteiger charge is 2.24. The highest BCUT2D eigenvalue weighted by molar-refractivity contribution is 5.84. The Labute approximate surface area is 94.4 Å². The van der Waals surface area contributed by atoms with Gasteiger partial charge in [0, 0.05) is 6.08 Å². The first-order valence-corrected chi connectivity index (χ1v) is 5.36. The fraction of sp³-hybridized carbons (Fsp3) is 0.308. The highest BCUT2D eigenvalue weighted by atomic mass is 16.6. The minimum Gasteiger partial charge on any atom is -0.452 e. The predicted octanol–water partition coefficient (Wildman–Crippen LogP) is 1.46. The number of aliphatic hydroxyl groups is 1. The summed E-state index contributed by atoms with van der Waals surface area (Å²) in [6.45, 7) is 0. The Morgan fingerprint density at radius 2 is 2.06 bits per heavy atom. The van der Waals surface area contributed by atoms with Crippen molar-refractivity contribution in [1.82, 2.24) is 0 Å². The van der Waals surface area contributed by atoms with Crippen molar-refractivity contribution in [2.45, 2.75) is 25.0 Å². The van der Waals surface area contributed by atoms with Crippen molar-refractivity contribution in [2.75, 3.05) is 0 Å². The number of carbonyl (C=O) groups is 1. The topological polar surface area (TPSA) is 46.5 Å². The number of carbonyl (C=O) groups excluding carboxylic acids is 1. The Bertz CT molecular complexity index is 383. The second-order valence-corrected chi connectivity index (χ2v) is 3.85. The molecular weight excluding hydrogens is 204 g/mol. The number of esters is 1. The molecule has 1 aromatic carbocycles. The summed E-state index contributed by atoms with van der Waals surface area (Å²) < 4.78 is 4.91. The van der Waals surface area contributed by atoms with Gasteiger partial charge in [-0.3, -0.25) is 0 Å². The van der Waals surface area contributed by atoms with Crippen LogP contribution in [0, 0.1) is 0 Å². The summed E-state index contributed by atoms with van der Waals surface area (Å²) >= 11 is 0. The molecule has 1 unspecified atom stereocenters. The van der Waals surface area contributed by atoms with Gasteiger partial charge < -0.3 is 9.84 Å². The normalized spacial score (nSPS) is 20.8. The zero-order chi connectivity index (χ0) is 11.4. The molecule has 1 N–H and O–H groups in total. The van der Waals surface area contributed by atoms with E-state index in [-0.39, 0.29) is 5.97 Å². The van der Waals surface area contributed by atoms with E-state index in [0.717, 1.165) is 6.42 Å². The van der Waals surface area contributed by atoms with Gasteiger partial charge in [-0.15, -0.1) is 0 Å². The van der Waals surface area contributed by atoms with Gasteiger partial charge in [0.2, 0.25) is 0 Å². The van der Waals surface area contributed by atoms with Crippen LogP contribution in [0.3, 0.4) is 0 Å². The Hall–Kier alpha value is -1.61. The van der Waals surface area contributed by atoms with Crippen LogP contribution in [-0.4, -0.2) is 23.3 Å². The number of aryl methyl sites for hydroxylation is 1. The Morgan fingerprint density at radius 3 is 2.69 bits per heavy atom. The van der Waals surface area contributed by atoms with E-state index in [4.69, 9.17) is 4.74 Å². The zero-order valence-electron chi connectivity index (χ0n) is 8.87. The molecule has 0 aliphatic carbocycles. The van der Waals surface area contributed by atoms with Crippen LogP contribution in [0.15, 0.2) is 42.5 Å². The van der Waals surface area contributed by atoms with E-state index in [9.17, 15) is 9.90 Å². The molecule has 0 saturated heterocycles. The Kier molecular flexibility index (Phi) is 3.37. The second-order valence-electron chi connectivity index (χ2n) is 3.85. The van der Waals surface area contributed by atoms with Gasteiger partial charge in [0.1, 0.15) is 6.10 Å². The van der Waals surface area contributed by atoms with Crippen molar-refractivity contribution in [3.63, 3.8) is 0 Å². The molecule has 1 aliphatic heterocycles. The predicted molar refractivity (Wildman–Crippen MR) is 59.8 cm³/mol. The number of cyclic esters (lactones) is 1. The monoisotopic (exact) mass is 218 g/mol. The van der Waals surface area contributed by atoms with Gasteiger partial charge in [-0.05, 0) is 24.5 Å². The standard InChI is InChI=1S/C13H14O3/c14-11(12-8-9-13(15)16-12)7-6-10-4-2-1-3-5-10/h1-5,8-9,11-12,14H,6-7H2/t11-,12?/m0/s1. The maximum Gasteiger partial charge on any atom is 0.331 e. The first-order chi connectivity index (χ1) is 7.75. The summed E-state index contributed by atoms with van der Waals surface area (Å²) in [7, 11) is 0. The molecule has 3 nitrogen and oxygen atoms in total.